The molecule has 0 aliphatic heterocycles. The molecule has 0 bridgehead atoms. The Morgan fingerprint density at radius 1 is 1.18 bits per heavy atom. The first kappa shape index (κ1) is 20.1. The van der Waals surface area contributed by atoms with Crippen molar-refractivity contribution in [3.8, 4) is 11.4 Å². The van der Waals surface area contributed by atoms with E-state index in [0.717, 1.165) is 22.6 Å². The Kier molecular flexibility index (Phi) is 6.45. The van der Waals surface area contributed by atoms with E-state index in [1.54, 1.807) is 12.4 Å². The minimum Gasteiger partial charge on any atom is -0.361 e. The molecule has 0 saturated heterocycles. The SMILES string of the molecule is Cc1noc(C)c1CSCC(=O)NC(c1nc(-c2ccncc2)no1)C(C)C. The van der Waals surface area contributed by atoms with Crippen LogP contribution in [-0.4, -0.2) is 31.9 Å². The third kappa shape index (κ3) is 4.78. The van der Waals surface area contributed by atoms with Crippen molar-refractivity contribution in [3.05, 3.63) is 47.4 Å². The van der Waals surface area contributed by atoms with Crippen LogP contribution in [0.15, 0.2) is 33.6 Å². The van der Waals surface area contributed by atoms with Crippen LogP contribution < -0.4 is 5.32 Å². The van der Waals surface area contributed by atoms with E-state index in [9.17, 15) is 4.79 Å². The summed E-state index contributed by atoms with van der Waals surface area (Å²) in [6, 6.07) is 3.27. The molecule has 3 aromatic heterocycles. The van der Waals surface area contributed by atoms with Gasteiger partial charge in [-0.25, -0.2) is 0 Å². The number of carbonyl (C=O) groups excluding carboxylic acids is 1. The highest BCUT2D eigenvalue weighted by Crippen LogP contribution is 2.24. The van der Waals surface area contributed by atoms with Gasteiger partial charge in [-0.15, -0.1) is 11.8 Å². The van der Waals surface area contributed by atoms with Crippen LogP contribution in [0.3, 0.4) is 0 Å². The van der Waals surface area contributed by atoms with E-state index >= 15 is 0 Å². The highest BCUT2D eigenvalue weighted by Gasteiger charge is 2.25. The number of nitrogens with one attached hydrogen (secondary N) is 1. The van der Waals surface area contributed by atoms with Crippen LogP contribution >= 0.6 is 11.8 Å². The Labute approximate surface area is 167 Å². The molecule has 3 heterocycles. The van der Waals surface area contributed by atoms with Crippen LogP contribution in [0.4, 0.5) is 0 Å². The van der Waals surface area contributed by atoms with E-state index < -0.39 is 0 Å². The van der Waals surface area contributed by atoms with Gasteiger partial charge >= 0.3 is 0 Å². The van der Waals surface area contributed by atoms with Crippen molar-refractivity contribution in [2.75, 3.05) is 5.75 Å². The normalized spacial score (nSPS) is 12.3. The fraction of sp³-hybridized carbons (Fsp3) is 0.421. The topological polar surface area (TPSA) is 107 Å². The number of amides is 1. The van der Waals surface area contributed by atoms with Gasteiger partial charge in [0.05, 0.1) is 11.4 Å². The average molecular weight is 401 g/mol. The van der Waals surface area contributed by atoms with E-state index in [1.165, 1.54) is 11.8 Å². The minimum atomic E-state index is -0.352. The van der Waals surface area contributed by atoms with Crippen molar-refractivity contribution in [1.29, 1.82) is 0 Å². The average Bonchev–Trinajstić information content (AvgIpc) is 3.29. The Morgan fingerprint density at radius 3 is 2.57 bits per heavy atom. The number of aryl methyl sites for hydroxylation is 2. The largest absolute Gasteiger partial charge is 0.361 e. The molecular weight excluding hydrogens is 378 g/mol. The van der Waals surface area contributed by atoms with Gasteiger partial charge in [0.1, 0.15) is 11.8 Å². The summed E-state index contributed by atoms with van der Waals surface area (Å²) in [7, 11) is 0. The number of pyridine rings is 1. The second-order valence-electron chi connectivity index (χ2n) is 6.78. The van der Waals surface area contributed by atoms with Crippen molar-refractivity contribution in [1.82, 2.24) is 25.6 Å². The van der Waals surface area contributed by atoms with E-state index in [0.29, 0.717) is 23.2 Å². The lowest BCUT2D eigenvalue weighted by Crippen LogP contribution is -2.33. The molecule has 1 amide bonds. The number of carbonyl (C=O) groups is 1. The quantitative estimate of drug-likeness (QED) is 0.611. The van der Waals surface area contributed by atoms with Gasteiger partial charge in [-0.1, -0.05) is 24.2 Å². The molecule has 28 heavy (non-hydrogen) atoms. The molecule has 8 nitrogen and oxygen atoms in total. The number of rotatable bonds is 8. The first-order chi connectivity index (χ1) is 13.5. The van der Waals surface area contributed by atoms with Crippen LogP contribution in [0.25, 0.3) is 11.4 Å². The van der Waals surface area contributed by atoms with Gasteiger partial charge in [-0.05, 0) is 31.9 Å². The summed E-state index contributed by atoms with van der Waals surface area (Å²) in [5, 5.41) is 11.0. The molecular formula is C19H23N5O3S. The van der Waals surface area contributed by atoms with Crippen molar-refractivity contribution in [3.63, 3.8) is 0 Å². The maximum Gasteiger partial charge on any atom is 0.249 e. The van der Waals surface area contributed by atoms with E-state index in [1.807, 2.05) is 39.8 Å². The summed E-state index contributed by atoms with van der Waals surface area (Å²) in [5.41, 5.74) is 2.71. The summed E-state index contributed by atoms with van der Waals surface area (Å²) >= 11 is 1.51. The van der Waals surface area contributed by atoms with Crippen LogP contribution in [0, 0.1) is 19.8 Å². The molecule has 1 unspecified atom stereocenters. The number of hydrogen-bond donors (Lipinski definition) is 1. The highest BCUT2D eigenvalue weighted by atomic mass is 32.2. The van der Waals surface area contributed by atoms with Crippen LogP contribution in [0.5, 0.6) is 0 Å². The third-order valence-electron chi connectivity index (χ3n) is 4.29. The first-order valence-corrected chi connectivity index (χ1v) is 10.1. The molecule has 9 heteroatoms. The van der Waals surface area contributed by atoms with Gasteiger partial charge in [-0.2, -0.15) is 4.98 Å². The van der Waals surface area contributed by atoms with E-state index in [-0.39, 0.29) is 17.9 Å². The van der Waals surface area contributed by atoms with Crippen LogP contribution in [0.1, 0.15) is 42.8 Å². The standard InChI is InChI=1S/C19H23N5O3S/c1-11(2)17(19-22-18(24-27-19)14-5-7-20-8-6-14)21-16(25)10-28-9-15-12(3)23-26-13(15)4/h5-8,11,17H,9-10H2,1-4H3,(H,21,25). The lowest BCUT2D eigenvalue weighted by Gasteiger charge is -2.18. The highest BCUT2D eigenvalue weighted by molar-refractivity contribution is 7.99. The zero-order chi connectivity index (χ0) is 20.1. The van der Waals surface area contributed by atoms with Gasteiger partial charge in [0.2, 0.25) is 17.6 Å². The second kappa shape index (κ2) is 9.01. The van der Waals surface area contributed by atoms with Gasteiger partial charge in [0.15, 0.2) is 0 Å². The summed E-state index contributed by atoms with van der Waals surface area (Å²) in [6.45, 7) is 7.77. The fourth-order valence-corrected chi connectivity index (χ4v) is 3.65. The summed E-state index contributed by atoms with van der Waals surface area (Å²) in [4.78, 5) is 20.9. The van der Waals surface area contributed by atoms with Crippen molar-refractivity contribution in [2.45, 2.75) is 39.5 Å². The smallest absolute Gasteiger partial charge is 0.249 e. The molecule has 0 saturated carbocycles. The zero-order valence-electron chi connectivity index (χ0n) is 16.3. The number of hydrogen-bond acceptors (Lipinski definition) is 8. The molecule has 3 rings (SSSR count). The van der Waals surface area contributed by atoms with Crippen molar-refractivity contribution >= 4 is 17.7 Å². The van der Waals surface area contributed by atoms with Gasteiger partial charge in [0, 0.05) is 29.3 Å². The maximum atomic E-state index is 12.4. The molecule has 3 aromatic rings. The molecule has 0 aromatic carbocycles. The predicted octanol–water partition coefficient (Wildman–Crippen LogP) is 3.48. The lowest BCUT2D eigenvalue weighted by molar-refractivity contribution is -0.119. The van der Waals surface area contributed by atoms with Crippen molar-refractivity contribution in [2.24, 2.45) is 5.92 Å². The molecule has 0 radical (unpaired) electrons. The fourth-order valence-electron chi connectivity index (χ4n) is 2.66. The lowest BCUT2D eigenvalue weighted by atomic mass is 10.0. The predicted molar refractivity (Wildman–Crippen MR) is 105 cm³/mol. The Balaban J connectivity index is 1.60. The Hall–Kier alpha value is -2.68. The molecule has 0 spiro atoms. The molecule has 1 atom stereocenters. The summed E-state index contributed by atoms with van der Waals surface area (Å²) < 4.78 is 10.6. The first-order valence-electron chi connectivity index (χ1n) is 8.98. The second-order valence-corrected chi connectivity index (χ2v) is 7.76. The number of thioether (sulfide) groups is 1. The maximum absolute atomic E-state index is 12.4. The van der Waals surface area contributed by atoms with Gasteiger partial charge < -0.3 is 14.4 Å². The van der Waals surface area contributed by atoms with E-state index in [2.05, 4.69) is 25.6 Å². The summed E-state index contributed by atoms with van der Waals surface area (Å²) in [6.07, 6.45) is 3.34. The minimum absolute atomic E-state index is 0.0841. The molecule has 0 aliphatic rings. The van der Waals surface area contributed by atoms with Crippen molar-refractivity contribution < 1.29 is 13.8 Å². The Morgan fingerprint density at radius 2 is 1.93 bits per heavy atom. The van der Waals surface area contributed by atoms with Gasteiger partial charge in [0.25, 0.3) is 0 Å². The Bertz CT molecular complexity index is 903. The molecule has 0 aliphatic carbocycles. The third-order valence-corrected chi connectivity index (χ3v) is 5.25. The van der Waals surface area contributed by atoms with E-state index in [4.69, 9.17) is 9.05 Å². The monoisotopic (exact) mass is 401 g/mol. The van der Waals surface area contributed by atoms with Crippen LogP contribution in [-0.2, 0) is 10.5 Å². The molecule has 148 valence electrons. The number of nitrogens with zero attached hydrogens (tertiary/aromatic N) is 4. The van der Waals surface area contributed by atoms with Gasteiger partial charge in [-0.3, -0.25) is 9.78 Å². The zero-order valence-corrected chi connectivity index (χ0v) is 17.1. The summed E-state index contributed by atoms with van der Waals surface area (Å²) in [5.74, 6) is 2.67. The number of aromatic nitrogens is 4. The molecule has 1 N–H and O–H groups in total. The molecule has 0 fully saturated rings. The van der Waals surface area contributed by atoms with Crippen LogP contribution in [0.2, 0.25) is 0 Å².